The SMILES string of the molecule is CC1CCCC(CN)N1C(=O)c1cncc(O)c1. The molecule has 0 aromatic carbocycles. The maximum atomic E-state index is 12.5. The Hall–Kier alpha value is -1.62. The number of likely N-dealkylation sites (tertiary alicyclic amines) is 1. The number of amides is 1. The predicted octanol–water partition coefficient (Wildman–Crippen LogP) is 1.13. The standard InChI is InChI=1S/C13H19N3O2/c1-9-3-2-4-11(6-14)16(9)13(18)10-5-12(17)8-15-7-10/h5,7-9,11,17H,2-4,6,14H2,1H3. The van der Waals surface area contributed by atoms with Crippen molar-refractivity contribution < 1.29 is 9.90 Å². The number of aromatic nitrogens is 1. The third-order valence-corrected chi connectivity index (χ3v) is 3.50. The molecule has 1 aromatic heterocycles. The molecule has 5 heteroatoms. The second kappa shape index (κ2) is 5.35. The first-order valence-corrected chi connectivity index (χ1v) is 6.30. The van der Waals surface area contributed by atoms with Gasteiger partial charge in [-0.1, -0.05) is 0 Å². The third-order valence-electron chi connectivity index (χ3n) is 3.50. The Labute approximate surface area is 107 Å². The first-order chi connectivity index (χ1) is 8.63. The average molecular weight is 249 g/mol. The van der Waals surface area contributed by atoms with Crippen molar-refractivity contribution >= 4 is 5.91 Å². The Bertz CT molecular complexity index is 436. The van der Waals surface area contributed by atoms with Crippen LogP contribution in [-0.4, -0.2) is 39.5 Å². The summed E-state index contributed by atoms with van der Waals surface area (Å²) in [6.07, 6.45) is 5.84. The molecule has 0 bridgehead atoms. The van der Waals surface area contributed by atoms with Gasteiger partial charge in [0.05, 0.1) is 11.8 Å². The van der Waals surface area contributed by atoms with Gasteiger partial charge in [-0.3, -0.25) is 9.78 Å². The summed E-state index contributed by atoms with van der Waals surface area (Å²) in [6.45, 7) is 2.51. The Morgan fingerprint density at radius 2 is 2.33 bits per heavy atom. The molecule has 1 amide bonds. The van der Waals surface area contributed by atoms with E-state index in [1.54, 1.807) is 0 Å². The molecule has 1 aliphatic heterocycles. The monoisotopic (exact) mass is 249 g/mol. The van der Waals surface area contributed by atoms with Crippen molar-refractivity contribution in [1.82, 2.24) is 9.88 Å². The van der Waals surface area contributed by atoms with E-state index >= 15 is 0 Å². The molecule has 0 aliphatic carbocycles. The first kappa shape index (κ1) is 12.8. The maximum absolute atomic E-state index is 12.5. The number of carbonyl (C=O) groups excluding carboxylic acids is 1. The Morgan fingerprint density at radius 3 is 3.00 bits per heavy atom. The highest BCUT2D eigenvalue weighted by Gasteiger charge is 2.31. The summed E-state index contributed by atoms with van der Waals surface area (Å²) in [5.74, 6) is -0.0872. The molecule has 1 saturated heterocycles. The van der Waals surface area contributed by atoms with Crippen LogP contribution in [0.5, 0.6) is 5.75 Å². The van der Waals surface area contributed by atoms with Crippen LogP contribution >= 0.6 is 0 Å². The van der Waals surface area contributed by atoms with Crippen LogP contribution in [0.15, 0.2) is 18.5 Å². The lowest BCUT2D eigenvalue weighted by molar-refractivity contribution is 0.0493. The van der Waals surface area contributed by atoms with E-state index in [0.29, 0.717) is 12.1 Å². The van der Waals surface area contributed by atoms with Gasteiger partial charge in [-0.05, 0) is 32.3 Å². The van der Waals surface area contributed by atoms with Gasteiger partial charge in [0.2, 0.25) is 0 Å². The molecule has 2 heterocycles. The summed E-state index contributed by atoms with van der Waals surface area (Å²) < 4.78 is 0. The van der Waals surface area contributed by atoms with E-state index in [-0.39, 0.29) is 23.7 Å². The largest absolute Gasteiger partial charge is 0.506 e. The lowest BCUT2D eigenvalue weighted by Gasteiger charge is -2.40. The normalized spacial score (nSPS) is 24.0. The molecule has 2 rings (SSSR count). The quantitative estimate of drug-likeness (QED) is 0.823. The van der Waals surface area contributed by atoms with Crippen LogP contribution < -0.4 is 5.73 Å². The summed E-state index contributed by atoms with van der Waals surface area (Å²) in [5, 5.41) is 9.39. The number of rotatable bonds is 2. The molecule has 18 heavy (non-hydrogen) atoms. The van der Waals surface area contributed by atoms with E-state index in [1.165, 1.54) is 18.5 Å². The number of pyridine rings is 1. The molecule has 2 atom stereocenters. The van der Waals surface area contributed by atoms with Crippen LogP contribution in [-0.2, 0) is 0 Å². The Kier molecular flexibility index (Phi) is 3.81. The molecule has 1 aromatic rings. The number of nitrogens with zero attached hydrogens (tertiary/aromatic N) is 2. The zero-order valence-corrected chi connectivity index (χ0v) is 10.5. The van der Waals surface area contributed by atoms with Crippen LogP contribution in [0.1, 0.15) is 36.5 Å². The predicted molar refractivity (Wildman–Crippen MR) is 68.2 cm³/mol. The zero-order chi connectivity index (χ0) is 13.1. The summed E-state index contributed by atoms with van der Waals surface area (Å²) in [4.78, 5) is 18.1. The minimum Gasteiger partial charge on any atom is -0.506 e. The van der Waals surface area contributed by atoms with Gasteiger partial charge >= 0.3 is 0 Å². The topological polar surface area (TPSA) is 79.5 Å². The molecule has 0 saturated carbocycles. The van der Waals surface area contributed by atoms with Gasteiger partial charge in [0.1, 0.15) is 5.75 Å². The van der Waals surface area contributed by atoms with Gasteiger partial charge in [-0.25, -0.2) is 0 Å². The molecule has 0 spiro atoms. The van der Waals surface area contributed by atoms with Crippen molar-refractivity contribution in [2.24, 2.45) is 5.73 Å². The highest BCUT2D eigenvalue weighted by atomic mass is 16.3. The molecule has 1 fully saturated rings. The summed E-state index contributed by atoms with van der Waals surface area (Å²) >= 11 is 0. The maximum Gasteiger partial charge on any atom is 0.256 e. The molecule has 5 nitrogen and oxygen atoms in total. The summed E-state index contributed by atoms with van der Waals surface area (Å²) in [5.41, 5.74) is 6.16. The van der Waals surface area contributed by atoms with Crippen LogP contribution in [0.2, 0.25) is 0 Å². The Morgan fingerprint density at radius 1 is 1.56 bits per heavy atom. The van der Waals surface area contributed by atoms with Crippen molar-refractivity contribution in [3.8, 4) is 5.75 Å². The molecular formula is C13H19N3O2. The molecule has 0 radical (unpaired) electrons. The van der Waals surface area contributed by atoms with Gasteiger partial charge in [-0.15, -0.1) is 0 Å². The number of piperidine rings is 1. The fourth-order valence-electron chi connectivity index (χ4n) is 2.58. The fraction of sp³-hybridized carbons (Fsp3) is 0.538. The van der Waals surface area contributed by atoms with E-state index in [9.17, 15) is 9.90 Å². The van der Waals surface area contributed by atoms with Crippen molar-refractivity contribution in [1.29, 1.82) is 0 Å². The van der Waals surface area contributed by atoms with E-state index in [1.807, 2.05) is 11.8 Å². The smallest absolute Gasteiger partial charge is 0.256 e. The molecule has 98 valence electrons. The minimum atomic E-state index is -0.0962. The van der Waals surface area contributed by atoms with Crippen LogP contribution in [0, 0.1) is 0 Å². The summed E-state index contributed by atoms with van der Waals surface area (Å²) in [6, 6.07) is 1.72. The molecule has 2 unspecified atom stereocenters. The van der Waals surface area contributed by atoms with Gasteiger partial charge in [0, 0.05) is 24.8 Å². The number of hydrogen-bond donors (Lipinski definition) is 2. The third kappa shape index (κ3) is 2.46. The van der Waals surface area contributed by atoms with Gasteiger partial charge in [0.25, 0.3) is 5.91 Å². The fourth-order valence-corrected chi connectivity index (χ4v) is 2.58. The number of hydrogen-bond acceptors (Lipinski definition) is 4. The second-order valence-corrected chi connectivity index (χ2v) is 4.81. The summed E-state index contributed by atoms with van der Waals surface area (Å²) in [7, 11) is 0. The van der Waals surface area contributed by atoms with Gasteiger partial charge < -0.3 is 15.7 Å². The van der Waals surface area contributed by atoms with Crippen LogP contribution in [0.25, 0.3) is 0 Å². The van der Waals surface area contributed by atoms with Crippen molar-refractivity contribution in [3.05, 3.63) is 24.0 Å². The van der Waals surface area contributed by atoms with E-state index in [4.69, 9.17) is 5.73 Å². The zero-order valence-electron chi connectivity index (χ0n) is 10.5. The van der Waals surface area contributed by atoms with Crippen molar-refractivity contribution in [2.75, 3.05) is 6.54 Å². The minimum absolute atomic E-state index is 0.00908. The van der Waals surface area contributed by atoms with Gasteiger partial charge in [-0.2, -0.15) is 0 Å². The lowest BCUT2D eigenvalue weighted by Crippen LogP contribution is -2.51. The number of aromatic hydroxyl groups is 1. The number of carbonyl (C=O) groups is 1. The van der Waals surface area contributed by atoms with Gasteiger partial charge in [0.15, 0.2) is 0 Å². The van der Waals surface area contributed by atoms with E-state index < -0.39 is 0 Å². The highest BCUT2D eigenvalue weighted by molar-refractivity contribution is 5.94. The number of nitrogens with two attached hydrogens (primary N) is 1. The van der Waals surface area contributed by atoms with E-state index in [0.717, 1.165) is 19.3 Å². The highest BCUT2D eigenvalue weighted by Crippen LogP contribution is 2.24. The molecule has 3 N–H and O–H groups in total. The average Bonchev–Trinajstić information content (AvgIpc) is 2.37. The van der Waals surface area contributed by atoms with Crippen molar-refractivity contribution in [2.45, 2.75) is 38.3 Å². The second-order valence-electron chi connectivity index (χ2n) is 4.81. The van der Waals surface area contributed by atoms with Crippen LogP contribution in [0.3, 0.4) is 0 Å². The molecule has 1 aliphatic rings. The lowest BCUT2D eigenvalue weighted by atomic mass is 9.95. The van der Waals surface area contributed by atoms with Crippen molar-refractivity contribution in [3.63, 3.8) is 0 Å². The Balaban J connectivity index is 2.25. The van der Waals surface area contributed by atoms with E-state index in [2.05, 4.69) is 4.98 Å². The van der Waals surface area contributed by atoms with Crippen LogP contribution in [0.4, 0.5) is 0 Å². The first-order valence-electron chi connectivity index (χ1n) is 6.30. The molecular weight excluding hydrogens is 230 g/mol.